The highest BCUT2D eigenvalue weighted by Gasteiger charge is 1.96. The summed E-state index contributed by atoms with van der Waals surface area (Å²) in [5.41, 5.74) is 2.57. The normalized spacial score (nSPS) is 10.4. The molecular formula is C13H21NO2. The van der Waals surface area contributed by atoms with Crippen LogP contribution in [0.1, 0.15) is 11.1 Å². The van der Waals surface area contributed by atoms with E-state index in [1.807, 2.05) is 6.07 Å². The van der Waals surface area contributed by atoms with Crippen LogP contribution in [0, 0.1) is 13.8 Å². The van der Waals surface area contributed by atoms with Gasteiger partial charge < -0.3 is 14.8 Å². The number of methoxy groups -OCH3 is 1. The Bertz CT molecular complexity index is 313. The first-order chi connectivity index (χ1) is 7.74. The molecule has 0 aliphatic carbocycles. The molecule has 0 saturated carbocycles. The third kappa shape index (κ3) is 4.64. The maximum Gasteiger partial charge on any atom is 0.119 e. The molecule has 16 heavy (non-hydrogen) atoms. The van der Waals surface area contributed by atoms with Gasteiger partial charge in [0.25, 0.3) is 0 Å². The summed E-state index contributed by atoms with van der Waals surface area (Å²) in [6.45, 7) is 7.34. The largest absolute Gasteiger partial charge is 0.492 e. The van der Waals surface area contributed by atoms with Gasteiger partial charge in [0, 0.05) is 20.2 Å². The fraction of sp³-hybridized carbons (Fsp3) is 0.538. The second kappa shape index (κ2) is 7.25. The summed E-state index contributed by atoms with van der Waals surface area (Å²) < 4.78 is 10.6. The smallest absolute Gasteiger partial charge is 0.119 e. The molecule has 1 N–H and O–H groups in total. The Hall–Kier alpha value is -1.06. The lowest BCUT2D eigenvalue weighted by Crippen LogP contribution is -2.24. The Kier molecular flexibility index (Phi) is 5.90. The van der Waals surface area contributed by atoms with Gasteiger partial charge in [-0.3, -0.25) is 0 Å². The Morgan fingerprint density at radius 1 is 1.06 bits per heavy atom. The first-order valence-corrected chi connectivity index (χ1v) is 5.63. The van der Waals surface area contributed by atoms with Crippen molar-refractivity contribution in [1.29, 1.82) is 0 Å². The minimum Gasteiger partial charge on any atom is -0.492 e. The Morgan fingerprint density at radius 2 is 1.81 bits per heavy atom. The molecule has 0 heterocycles. The summed E-state index contributed by atoms with van der Waals surface area (Å²) in [5, 5.41) is 3.23. The van der Waals surface area contributed by atoms with Crippen LogP contribution in [0.15, 0.2) is 18.2 Å². The fourth-order valence-corrected chi connectivity index (χ4v) is 1.34. The Morgan fingerprint density at radius 3 is 2.50 bits per heavy atom. The van der Waals surface area contributed by atoms with Crippen molar-refractivity contribution in [1.82, 2.24) is 5.32 Å². The highest BCUT2D eigenvalue weighted by atomic mass is 16.5. The molecule has 0 unspecified atom stereocenters. The molecule has 3 nitrogen and oxygen atoms in total. The summed E-state index contributed by atoms with van der Waals surface area (Å²) >= 11 is 0. The van der Waals surface area contributed by atoms with Crippen LogP contribution in [0.4, 0.5) is 0 Å². The lowest BCUT2D eigenvalue weighted by molar-refractivity contribution is 0.197. The van der Waals surface area contributed by atoms with Crippen LogP contribution in [-0.2, 0) is 4.74 Å². The van der Waals surface area contributed by atoms with Gasteiger partial charge in [0.2, 0.25) is 0 Å². The van der Waals surface area contributed by atoms with Crippen molar-refractivity contribution in [3.05, 3.63) is 29.3 Å². The third-order valence-corrected chi connectivity index (χ3v) is 2.51. The highest BCUT2D eigenvalue weighted by molar-refractivity contribution is 5.33. The number of aryl methyl sites for hydroxylation is 2. The van der Waals surface area contributed by atoms with Gasteiger partial charge in [-0.25, -0.2) is 0 Å². The first-order valence-electron chi connectivity index (χ1n) is 5.63. The maximum atomic E-state index is 5.62. The Balaban J connectivity index is 2.19. The number of hydrogen-bond donors (Lipinski definition) is 1. The van der Waals surface area contributed by atoms with E-state index in [0.717, 1.165) is 25.4 Å². The van der Waals surface area contributed by atoms with Crippen LogP contribution in [-0.4, -0.2) is 33.4 Å². The highest BCUT2D eigenvalue weighted by Crippen LogP contribution is 2.15. The summed E-state index contributed by atoms with van der Waals surface area (Å²) in [5.74, 6) is 0.941. The van der Waals surface area contributed by atoms with Crippen molar-refractivity contribution in [3.63, 3.8) is 0 Å². The second-order valence-corrected chi connectivity index (χ2v) is 3.84. The molecule has 1 aromatic carbocycles. The van der Waals surface area contributed by atoms with Gasteiger partial charge in [0.15, 0.2) is 0 Å². The molecule has 1 rings (SSSR count). The van der Waals surface area contributed by atoms with Gasteiger partial charge in [-0.15, -0.1) is 0 Å². The zero-order valence-corrected chi connectivity index (χ0v) is 10.4. The molecule has 0 aliphatic rings. The van der Waals surface area contributed by atoms with E-state index in [9.17, 15) is 0 Å². The van der Waals surface area contributed by atoms with Crippen LogP contribution < -0.4 is 10.1 Å². The molecule has 0 bridgehead atoms. The standard InChI is InChI=1S/C13H21NO2/c1-11-4-5-13(10-12(11)2)16-9-7-14-6-8-15-3/h4-5,10,14H,6-9H2,1-3H3. The predicted octanol–water partition coefficient (Wildman–Crippen LogP) is 1.92. The molecule has 1 aromatic rings. The van der Waals surface area contributed by atoms with E-state index in [1.165, 1.54) is 11.1 Å². The summed E-state index contributed by atoms with van der Waals surface area (Å²) in [4.78, 5) is 0. The lowest BCUT2D eigenvalue weighted by Gasteiger charge is -2.09. The van der Waals surface area contributed by atoms with E-state index in [-0.39, 0.29) is 0 Å². The quantitative estimate of drug-likeness (QED) is 0.716. The maximum absolute atomic E-state index is 5.62. The number of nitrogens with one attached hydrogen (secondary N) is 1. The van der Waals surface area contributed by atoms with E-state index in [4.69, 9.17) is 9.47 Å². The van der Waals surface area contributed by atoms with Crippen LogP contribution in [0.2, 0.25) is 0 Å². The lowest BCUT2D eigenvalue weighted by atomic mass is 10.1. The molecule has 0 amide bonds. The molecule has 3 heteroatoms. The number of ether oxygens (including phenoxy) is 2. The predicted molar refractivity (Wildman–Crippen MR) is 66.2 cm³/mol. The number of rotatable bonds is 7. The van der Waals surface area contributed by atoms with Crippen molar-refractivity contribution >= 4 is 0 Å². The van der Waals surface area contributed by atoms with Crippen molar-refractivity contribution in [3.8, 4) is 5.75 Å². The molecule has 0 aromatic heterocycles. The van der Waals surface area contributed by atoms with E-state index in [0.29, 0.717) is 6.61 Å². The van der Waals surface area contributed by atoms with Gasteiger partial charge in [-0.1, -0.05) is 6.07 Å². The minimum absolute atomic E-state index is 0.687. The SMILES string of the molecule is COCCNCCOc1ccc(C)c(C)c1. The fourth-order valence-electron chi connectivity index (χ4n) is 1.34. The third-order valence-electron chi connectivity index (χ3n) is 2.51. The molecular weight excluding hydrogens is 202 g/mol. The first kappa shape index (κ1) is 13.0. The molecule has 90 valence electrons. The number of hydrogen-bond acceptors (Lipinski definition) is 3. The van der Waals surface area contributed by atoms with Gasteiger partial charge >= 0.3 is 0 Å². The van der Waals surface area contributed by atoms with Crippen LogP contribution >= 0.6 is 0 Å². The zero-order chi connectivity index (χ0) is 11.8. The molecule has 0 aliphatic heterocycles. The van der Waals surface area contributed by atoms with Gasteiger partial charge in [0.1, 0.15) is 12.4 Å². The molecule has 0 saturated heterocycles. The molecule has 0 spiro atoms. The van der Waals surface area contributed by atoms with Crippen molar-refractivity contribution in [2.24, 2.45) is 0 Å². The molecule has 0 fully saturated rings. The van der Waals surface area contributed by atoms with Crippen molar-refractivity contribution < 1.29 is 9.47 Å². The van der Waals surface area contributed by atoms with E-state index < -0.39 is 0 Å². The zero-order valence-electron chi connectivity index (χ0n) is 10.4. The number of benzene rings is 1. The van der Waals surface area contributed by atoms with Crippen LogP contribution in [0.25, 0.3) is 0 Å². The van der Waals surface area contributed by atoms with Gasteiger partial charge in [-0.2, -0.15) is 0 Å². The van der Waals surface area contributed by atoms with E-state index in [1.54, 1.807) is 7.11 Å². The van der Waals surface area contributed by atoms with Gasteiger partial charge in [0.05, 0.1) is 6.61 Å². The van der Waals surface area contributed by atoms with Crippen LogP contribution in [0.3, 0.4) is 0 Å². The summed E-state index contributed by atoms with van der Waals surface area (Å²) in [6.07, 6.45) is 0. The summed E-state index contributed by atoms with van der Waals surface area (Å²) in [7, 11) is 1.70. The average molecular weight is 223 g/mol. The molecule has 0 atom stereocenters. The molecule has 0 radical (unpaired) electrons. The minimum atomic E-state index is 0.687. The van der Waals surface area contributed by atoms with Gasteiger partial charge in [-0.05, 0) is 37.1 Å². The van der Waals surface area contributed by atoms with Crippen LogP contribution in [0.5, 0.6) is 5.75 Å². The van der Waals surface area contributed by atoms with Crippen molar-refractivity contribution in [2.75, 3.05) is 33.4 Å². The van der Waals surface area contributed by atoms with E-state index in [2.05, 4.69) is 31.3 Å². The second-order valence-electron chi connectivity index (χ2n) is 3.84. The Labute approximate surface area is 97.8 Å². The van der Waals surface area contributed by atoms with E-state index >= 15 is 0 Å². The average Bonchev–Trinajstić information content (AvgIpc) is 2.28. The monoisotopic (exact) mass is 223 g/mol. The van der Waals surface area contributed by atoms with Crippen molar-refractivity contribution in [2.45, 2.75) is 13.8 Å². The topological polar surface area (TPSA) is 30.5 Å². The summed E-state index contributed by atoms with van der Waals surface area (Å²) in [6, 6.07) is 6.17.